The first-order chi connectivity index (χ1) is 5.09. The van der Waals surface area contributed by atoms with E-state index in [0.29, 0.717) is 5.57 Å². The van der Waals surface area contributed by atoms with Gasteiger partial charge in [0, 0.05) is 12.5 Å². The Kier molecular flexibility index (Phi) is 1.94. The minimum Gasteiger partial charge on any atom is -0.438 e. The molecule has 4 heteroatoms. The van der Waals surface area contributed by atoms with Gasteiger partial charge in [0.25, 0.3) is 0 Å². The number of carbonyl (C=O) groups excluding carboxylic acids is 2. The Morgan fingerprint density at radius 2 is 2.36 bits per heavy atom. The van der Waals surface area contributed by atoms with Crippen molar-refractivity contribution < 1.29 is 14.3 Å². The van der Waals surface area contributed by atoms with Crippen LogP contribution in [0.5, 0.6) is 0 Å². The summed E-state index contributed by atoms with van der Waals surface area (Å²) in [5.74, 6) is -0.586. The van der Waals surface area contributed by atoms with Crippen LogP contribution in [0.15, 0.2) is 11.6 Å². The first-order valence-electron chi connectivity index (χ1n) is 3.26. The van der Waals surface area contributed by atoms with E-state index in [9.17, 15) is 9.59 Å². The molecule has 0 saturated carbocycles. The number of nitrogens with one attached hydrogen (secondary N) is 1. The summed E-state index contributed by atoms with van der Waals surface area (Å²) in [7, 11) is 0. The fourth-order valence-corrected chi connectivity index (χ4v) is 0.830. The normalized spacial score (nSPS) is 22.5. The van der Waals surface area contributed by atoms with Crippen LogP contribution in [0.4, 0.5) is 0 Å². The molecule has 1 N–H and O–H groups in total. The summed E-state index contributed by atoms with van der Waals surface area (Å²) < 4.78 is 4.70. The third kappa shape index (κ3) is 1.80. The molecule has 1 atom stereocenters. The van der Waals surface area contributed by atoms with E-state index >= 15 is 0 Å². The highest BCUT2D eigenvalue weighted by Crippen LogP contribution is 2.06. The quantitative estimate of drug-likeness (QED) is 0.540. The van der Waals surface area contributed by atoms with Crippen LogP contribution >= 0.6 is 0 Å². The molecule has 0 saturated heterocycles. The second kappa shape index (κ2) is 2.74. The van der Waals surface area contributed by atoms with Crippen molar-refractivity contribution in [2.45, 2.75) is 20.1 Å². The minimum atomic E-state index is -0.569. The number of esters is 1. The molecule has 0 aromatic heterocycles. The van der Waals surface area contributed by atoms with Gasteiger partial charge < -0.3 is 10.1 Å². The summed E-state index contributed by atoms with van der Waals surface area (Å²) in [4.78, 5) is 21.2. The molecule has 0 aliphatic carbocycles. The first-order valence-corrected chi connectivity index (χ1v) is 3.26. The molecule has 0 aromatic rings. The Morgan fingerprint density at radius 3 is 2.73 bits per heavy atom. The van der Waals surface area contributed by atoms with E-state index in [2.05, 4.69) is 5.32 Å². The topological polar surface area (TPSA) is 55.4 Å². The van der Waals surface area contributed by atoms with E-state index in [-0.39, 0.29) is 5.91 Å². The molecule has 1 heterocycles. The van der Waals surface area contributed by atoms with Crippen LogP contribution in [0, 0.1) is 0 Å². The number of ether oxygens (including phenoxy) is 1. The first kappa shape index (κ1) is 7.78. The predicted octanol–water partition coefficient (Wildman–Crippen LogP) is -0.0483. The van der Waals surface area contributed by atoms with Crippen LogP contribution in [0.25, 0.3) is 0 Å². The lowest BCUT2D eigenvalue weighted by atomic mass is 10.3. The zero-order valence-electron chi connectivity index (χ0n) is 6.38. The summed E-state index contributed by atoms with van der Waals surface area (Å²) in [6.45, 7) is 2.96. The Morgan fingerprint density at radius 1 is 1.73 bits per heavy atom. The van der Waals surface area contributed by atoms with E-state index in [4.69, 9.17) is 4.74 Å². The summed E-state index contributed by atoms with van der Waals surface area (Å²) >= 11 is 0. The standard InChI is InChI=1S/C7H9NO3/c1-4-3-6(8-7(4)10)11-5(2)9/h3,6H,1-2H3,(H,8,10)/t6-/m0/s1. The number of amides is 1. The molecule has 1 aliphatic heterocycles. The molecule has 60 valence electrons. The number of hydrogen-bond acceptors (Lipinski definition) is 3. The number of rotatable bonds is 1. The van der Waals surface area contributed by atoms with Gasteiger partial charge in [-0.1, -0.05) is 0 Å². The van der Waals surface area contributed by atoms with Gasteiger partial charge in [-0.2, -0.15) is 0 Å². The number of hydrogen-bond donors (Lipinski definition) is 1. The highest BCUT2D eigenvalue weighted by Gasteiger charge is 2.21. The van der Waals surface area contributed by atoms with Crippen LogP contribution in [0.3, 0.4) is 0 Å². The van der Waals surface area contributed by atoms with Crippen molar-refractivity contribution in [3.8, 4) is 0 Å². The summed E-state index contributed by atoms with van der Waals surface area (Å²) in [6.07, 6.45) is 1.00. The minimum absolute atomic E-state index is 0.184. The fourth-order valence-electron chi connectivity index (χ4n) is 0.830. The van der Waals surface area contributed by atoms with Crippen LogP contribution in [-0.2, 0) is 14.3 Å². The average molecular weight is 155 g/mol. The highest BCUT2D eigenvalue weighted by atomic mass is 16.6. The van der Waals surface area contributed by atoms with E-state index in [1.54, 1.807) is 13.0 Å². The van der Waals surface area contributed by atoms with Crippen LogP contribution in [0.2, 0.25) is 0 Å². The second-order valence-corrected chi connectivity index (χ2v) is 2.35. The van der Waals surface area contributed by atoms with Gasteiger partial charge in [0.1, 0.15) is 0 Å². The predicted molar refractivity (Wildman–Crippen MR) is 37.5 cm³/mol. The lowest BCUT2D eigenvalue weighted by molar-refractivity contribution is -0.145. The monoisotopic (exact) mass is 155 g/mol. The van der Waals surface area contributed by atoms with Crippen molar-refractivity contribution in [3.05, 3.63) is 11.6 Å². The lowest BCUT2D eigenvalue weighted by Gasteiger charge is -2.07. The maximum absolute atomic E-state index is 10.8. The number of carbonyl (C=O) groups is 2. The highest BCUT2D eigenvalue weighted by molar-refractivity contribution is 5.95. The largest absolute Gasteiger partial charge is 0.438 e. The van der Waals surface area contributed by atoms with Gasteiger partial charge in [-0.3, -0.25) is 9.59 Å². The zero-order valence-corrected chi connectivity index (χ0v) is 6.38. The van der Waals surface area contributed by atoms with Crippen LogP contribution < -0.4 is 5.32 Å². The molecule has 11 heavy (non-hydrogen) atoms. The molecule has 1 rings (SSSR count). The van der Waals surface area contributed by atoms with Gasteiger partial charge in [-0.25, -0.2) is 0 Å². The second-order valence-electron chi connectivity index (χ2n) is 2.35. The Bertz CT molecular complexity index is 232. The molecule has 0 spiro atoms. The molecule has 1 aliphatic rings. The van der Waals surface area contributed by atoms with E-state index < -0.39 is 12.2 Å². The maximum atomic E-state index is 10.8. The SMILES string of the molecule is CC(=O)O[C@H]1C=C(C)C(=O)N1. The fraction of sp³-hybridized carbons (Fsp3) is 0.429. The smallest absolute Gasteiger partial charge is 0.304 e. The molecule has 0 bridgehead atoms. The van der Waals surface area contributed by atoms with E-state index in [0.717, 1.165) is 0 Å². The van der Waals surface area contributed by atoms with Crippen molar-refractivity contribution in [2.24, 2.45) is 0 Å². The molecule has 1 amide bonds. The Hall–Kier alpha value is -1.32. The van der Waals surface area contributed by atoms with Crippen molar-refractivity contribution >= 4 is 11.9 Å². The van der Waals surface area contributed by atoms with Crippen molar-refractivity contribution in [3.63, 3.8) is 0 Å². The maximum Gasteiger partial charge on any atom is 0.304 e. The Balaban J connectivity index is 2.54. The molecular weight excluding hydrogens is 146 g/mol. The Labute approximate surface area is 64.2 Å². The van der Waals surface area contributed by atoms with Crippen LogP contribution in [-0.4, -0.2) is 18.1 Å². The van der Waals surface area contributed by atoms with E-state index in [1.165, 1.54) is 6.92 Å². The lowest BCUT2D eigenvalue weighted by Crippen LogP contribution is -2.30. The van der Waals surface area contributed by atoms with Gasteiger partial charge in [0.2, 0.25) is 5.91 Å². The molecule has 0 unspecified atom stereocenters. The molecule has 4 nitrogen and oxygen atoms in total. The van der Waals surface area contributed by atoms with Crippen molar-refractivity contribution in [1.82, 2.24) is 5.32 Å². The summed E-state index contributed by atoms with van der Waals surface area (Å²) in [6, 6.07) is 0. The van der Waals surface area contributed by atoms with Gasteiger partial charge >= 0.3 is 5.97 Å². The third-order valence-electron chi connectivity index (χ3n) is 1.33. The average Bonchev–Trinajstić information content (AvgIpc) is 2.10. The van der Waals surface area contributed by atoms with Gasteiger partial charge in [-0.15, -0.1) is 0 Å². The summed E-state index contributed by atoms with van der Waals surface area (Å²) in [5, 5.41) is 2.46. The molecular formula is C7H9NO3. The van der Waals surface area contributed by atoms with Crippen molar-refractivity contribution in [2.75, 3.05) is 0 Å². The molecule has 0 radical (unpaired) electrons. The van der Waals surface area contributed by atoms with Crippen LogP contribution in [0.1, 0.15) is 13.8 Å². The third-order valence-corrected chi connectivity index (χ3v) is 1.33. The molecule has 0 fully saturated rings. The van der Waals surface area contributed by atoms with Gasteiger partial charge in [-0.05, 0) is 13.0 Å². The zero-order chi connectivity index (χ0) is 8.43. The van der Waals surface area contributed by atoms with Gasteiger partial charge in [0.15, 0.2) is 6.23 Å². The van der Waals surface area contributed by atoms with Crippen molar-refractivity contribution in [1.29, 1.82) is 0 Å². The van der Waals surface area contributed by atoms with E-state index in [1.807, 2.05) is 0 Å². The summed E-state index contributed by atoms with van der Waals surface area (Å²) in [5.41, 5.74) is 0.580. The molecule has 0 aromatic carbocycles. The van der Waals surface area contributed by atoms with Gasteiger partial charge in [0.05, 0.1) is 0 Å².